The maximum Gasteiger partial charge on any atom is 0.433 e. The number of benzene rings is 1. The predicted molar refractivity (Wildman–Crippen MR) is 85.0 cm³/mol. The first-order valence-corrected chi connectivity index (χ1v) is 7.78. The van der Waals surface area contributed by atoms with Crippen LogP contribution in [0.2, 0.25) is 0 Å². The van der Waals surface area contributed by atoms with Gasteiger partial charge in [0.05, 0.1) is 5.39 Å². The molecule has 0 aliphatic heterocycles. The summed E-state index contributed by atoms with van der Waals surface area (Å²) < 4.78 is 40.3. The number of alkyl halides is 4. The van der Waals surface area contributed by atoms with Crippen LogP contribution in [0.5, 0.6) is 0 Å². The maximum atomic E-state index is 12.9. The number of rotatable bonds is 2. The van der Waals surface area contributed by atoms with Gasteiger partial charge in [-0.25, -0.2) is 4.98 Å². The Morgan fingerprint density at radius 2 is 1.78 bits per heavy atom. The SMILES string of the molecule is O=c1c(CBr)cn(-c2ccccc2)c2nc(C(F)(F)F)ccc12. The molecule has 0 bridgehead atoms. The second-order valence-corrected chi connectivity index (χ2v) is 5.45. The molecule has 3 nitrogen and oxygen atoms in total. The Kier molecular flexibility index (Phi) is 3.97. The van der Waals surface area contributed by atoms with E-state index in [2.05, 4.69) is 20.9 Å². The molecule has 0 unspecified atom stereocenters. The quantitative estimate of drug-likeness (QED) is 0.619. The second kappa shape index (κ2) is 5.81. The lowest BCUT2D eigenvalue weighted by Gasteiger charge is -2.14. The molecule has 3 rings (SSSR count). The molecule has 118 valence electrons. The van der Waals surface area contributed by atoms with Gasteiger partial charge in [-0.3, -0.25) is 4.79 Å². The van der Waals surface area contributed by atoms with Crippen LogP contribution in [0.15, 0.2) is 53.5 Å². The Morgan fingerprint density at radius 1 is 1.09 bits per heavy atom. The molecule has 0 saturated carbocycles. The monoisotopic (exact) mass is 382 g/mol. The van der Waals surface area contributed by atoms with Crippen molar-refractivity contribution in [1.29, 1.82) is 0 Å². The molecule has 0 aliphatic carbocycles. The van der Waals surface area contributed by atoms with Gasteiger partial charge in [0.1, 0.15) is 11.3 Å². The smallest absolute Gasteiger partial charge is 0.301 e. The number of pyridine rings is 2. The fourth-order valence-corrected chi connectivity index (χ4v) is 2.70. The third-order valence-electron chi connectivity index (χ3n) is 3.39. The van der Waals surface area contributed by atoms with E-state index in [0.717, 1.165) is 6.07 Å². The number of hydrogen-bond acceptors (Lipinski definition) is 2. The van der Waals surface area contributed by atoms with Gasteiger partial charge >= 0.3 is 6.18 Å². The third kappa shape index (κ3) is 2.88. The van der Waals surface area contributed by atoms with Gasteiger partial charge in [0.25, 0.3) is 0 Å². The molecule has 0 fully saturated rings. The number of hydrogen-bond donors (Lipinski definition) is 0. The van der Waals surface area contributed by atoms with Gasteiger partial charge in [0.2, 0.25) is 0 Å². The first-order valence-electron chi connectivity index (χ1n) is 6.65. The summed E-state index contributed by atoms with van der Waals surface area (Å²) in [5.41, 5.74) is -0.291. The molecule has 0 spiro atoms. The molecule has 3 aromatic rings. The van der Waals surface area contributed by atoms with Crippen molar-refractivity contribution in [2.45, 2.75) is 11.5 Å². The zero-order valence-corrected chi connectivity index (χ0v) is 13.2. The Morgan fingerprint density at radius 3 is 2.39 bits per heavy atom. The van der Waals surface area contributed by atoms with Crippen LogP contribution in [0.4, 0.5) is 13.2 Å². The highest BCUT2D eigenvalue weighted by molar-refractivity contribution is 9.08. The van der Waals surface area contributed by atoms with Crippen molar-refractivity contribution in [3.05, 3.63) is 70.1 Å². The van der Waals surface area contributed by atoms with Crippen molar-refractivity contribution in [3.8, 4) is 5.69 Å². The van der Waals surface area contributed by atoms with Gasteiger partial charge in [-0.1, -0.05) is 34.1 Å². The van der Waals surface area contributed by atoms with Crippen molar-refractivity contribution >= 4 is 27.0 Å². The van der Waals surface area contributed by atoms with E-state index in [1.807, 2.05) is 0 Å². The first kappa shape index (κ1) is 15.7. The molecule has 0 aliphatic rings. The summed E-state index contributed by atoms with van der Waals surface area (Å²) in [5.74, 6) is 0. The van der Waals surface area contributed by atoms with Crippen LogP contribution >= 0.6 is 15.9 Å². The molecule has 0 atom stereocenters. The number of halogens is 4. The number of para-hydroxylation sites is 1. The second-order valence-electron chi connectivity index (χ2n) is 4.89. The predicted octanol–water partition coefficient (Wildman–Crippen LogP) is 4.30. The molecular weight excluding hydrogens is 373 g/mol. The summed E-state index contributed by atoms with van der Waals surface area (Å²) in [6, 6.07) is 10.8. The Bertz CT molecular complexity index is 920. The highest BCUT2D eigenvalue weighted by atomic mass is 79.9. The van der Waals surface area contributed by atoms with E-state index in [1.54, 1.807) is 30.3 Å². The van der Waals surface area contributed by atoms with Gasteiger partial charge in [0, 0.05) is 22.8 Å². The Balaban J connectivity index is 2.41. The minimum atomic E-state index is -4.57. The van der Waals surface area contributed by atoms with E-state index >= 15 is 0 Å². The average molecular weight is 383 g/mol. The van der Waals surface area contributed by atoms with Crippen LogP contribution in [0.3, 0.4) is 0 Å². The standard InChI is InChI=1S/C16H10BrF3N2O/c17-8-10-9-22(11-4-2-1-3-5-11)15-12(14(10)23)6-7-13(21-15)16(18,19)20/h1-7,9H,8H2. The molecule has 0 saturated heterocycles. The summed E-state index contributed by atoms with van der Waals surface area (Å²) in [6.07, 6.45) is -3.05. The van der Waals surface area contributed by atoms with Crippen LogP contribution in [-0.4, -0.2) is 9.55 Å². The van der Waals surface area contributed by atoms with E-state index < -0.39 is 11.9 Å². The van der Waals surface area contributed by atoms with E-state index in [1.165, 1.54) is 16.8 Å². The first-order chi connectivity index (χ1) is 10.9. The third-order valence-corrected chi connectivity index (χ3v) is 4.00. The van der Waals surface area contributed by atoms with Crippen molar-refractivity contribution in [1.82, 2.24) is 9.55 Å². The van der Waals surface area contributed by atoms with Gasteiger partial charge in [-0.2, -0.15) is 13.2 Å². The van der Waals surface area contributed by atoms with Gasteiger partial charge < -0.3 is 4.57 Å². The molecule has 0 radical (unpaired) electrons. The molecular formula is C16H10BrF3N2O. The van der Waals surface area contributed by atoms with E-state index in [4.69, 9.17) is 0 Å². The summed E-state index contributed by atoms with van der Waals surface area (Å²) >= 11 is 3.23. The lowest BCUT2D eigenvalue weighted by molar-refractivity contribution is -0.141. The summed E-state index contributed by atoms with van der Waals surface area (Å²) in [4.78, 5) is 16.0. The number of fused-ring (bicyclic) bond motifs is 1. The minimum Gasteiger partial charge on any atom is -0.301 e. The summed E-state index contributed by atoms with van der Waals surface area (Å²) in [7, 11) is 0. The van der Waals surface area contributed by atoms with Crippen LogP contribution in [-0.2, 0) is 11.5 Å². The van der Waals surface area contributed by atoms with Crippen LogP contribution in [0, 0.1) is 0 Å². The number of nitrogens with zero attached hydrogens (tertiary/aromatic N) is 2. The topological polar surface area (TPSA) is 34.9 Å². The Hall–Kier alpha value is -2.15. The largest absolute Gasteiger partial charge is 0.433 e. The van der Waals surface area contributed by atoms with E-state index in [-0.39, 0.29) is 16.5 Å². The fourth-order valence-electron chi connectivity index (χ4n) is 2.30. The van der Waals surface area contributed by atoms with Crippen molar-refractivity contribution in [2.75, 3.05) is 0 Å². The molecule has 0 N–H and O–H groups in total. The normalized spacial score (nSPS) is 11.8. The zero-order valence-electron chi connectivity index (χ0n) is 11.6. The van der Waals surface area contributed by atoms with Gasteiger partial charge in [-0.15, -0.1) is 0 Å². The summed E-state index contributed by atoms with van der Waals surface area (Å²) in [5, 5.41) is 0.453. The molecule has 7 heteroatoms. The molecule has 23 heavy (non-hydrogen) atoms. The lowest BCUT2D eigenvalue weighted by Crippen LogP contribution is -2.16. The highest BCUT2D eigenvalue weighted by Gasteiger charge is 2.33. The van der Waals surface area contributed by atoms with E-state index in [0.29, 0.717) is 16.6 Å². The van der Waals surface area contributed by atoms with Gasteiger partial charge in [0.15, 0.2) is 5.43 Å². The van der Waals surface area contributed by atoms with Crippen molar-refractivity contribution < 1.29 is 13.2 Å². The summed E-state index contributed by atoms with van der Waals surface area (Å²) in [6.45, 7) is 0. The zero-order chi connectivity index (χ0) is 16.6. The van der Waals surface area contributed by atoms with Crippen LogP contribution < -0.4 is 5.43 Å². The van der Waals surface area contributed by atoms with Crippen molar-refractivity contribution in [3.63, 3.8) is 0 Å². The number of aromatic nitrogens is 2. The minimum absolute atomic E-state index is 0.0132. The molecule has 2 heterocycles. The highest BCUT2D eigenvalue weighted by Crippen LogP contribution is 2.29. The molecule has 1 aromatic carbocycles. The maximum absolute atomic E-state index is 12.9. The fraction of sp³-hybridized carbons (Fsp3) is 0.125. The Labute approximate surface area is 137 Å². The lowest BCUT2D eigenvalue weighted by atomic mass is 10.2. The van der Waals surface area contributed by atoms with Crippen LogP contribution in [0.1, 0.15) is 11.3 Å². The van der Waals surface area contributed by atoms with E-state index in [9.17, 15) is 18.0 Å². The van der Waals surface area contributed by atoms with Crippen LogP contribution in [0.25, 0.3) is 16.7 Å². The van der Waals surface area contributed by atoms with Crippen molar-refractivity contribution in [2.24, 2.45) is 0 Å². The van der Waals surface area contributed by atoms with Gasteiger partial charge in [-0.05, 0) is 24.3 Å². The average Bonchev–Trinajstić information content (AvgIpc) is 2.55. The molecule has 0 amide bonds. The molecule has 2 aromatic heterocycles.